The van der Waals surface area contributed by atoms with Crippen molar-refractivity contribution in [3.63, 3.8) is 0 Å². The molecule has 0 amide bonds. The van der Waals surface area contributed by atoms with Crippen LogP contribution < -0.4 is 9.47 Å². The molecule has 90 valence electrons. The average molecular weight is 232 g/mol. The fourth-order valence-corrected chi connectivity index (χ4v) is 2.88. The van der Waals surface area contributed by atoms with E-state index in [9.17, 15) is 4.79 Å². The van der Waals surface area contributed by atoms with Crippen molar-refractivity contribution in [3.05, 3.63) is 22.3 Å². The van der Waals surface area contributed by atoms with Crippen molar-refractivity contribution >= 4 is 6.29 Å². The van der Waals surface area contributed by atoms with E-state index >= 15 is 0 Å². The van der Waals surface area contributed by atoms with Crippen molar-refractivity contribution in [2.45, 2.75) is 45.8 Å². The summed E-state index contributed by atoms with van der Waals surface area (Å²) in [4.78, 5) is 11.3. The van der Waals surface area contributed by atoms with E-state index in [4.69, 9.17) is 9.47 Å². The third-order valence-corrected chi connectivity index (χ3v) is 3.65. The van der Waals surface area contributed by atoms with Gasteiger partial charge >= 0.3 is 0 Å². The van der Waals surface area contributed by atoms with E-state index in [-0.39, 0.29) is 12.2 Å². The number of aldehydes is 1. The number of hydrogen-bond acceptors (Lipinski definition) is 3. The highest BCUT2D eigenvalue weighted by atomic mass is 16.5. The van der Waals surface area contributed by atoms with Crippen LogP contribution in [0.5, 0.6) is 11.5 Å². The summed E-state index contributed by atoms with van der Waals surface area (Å²) in [6.45, 7) is 6.12. The normalized spacial score (nSPS) is 24.9. The monoisotopic (exact) mass is 232 g/mol. The number of rotatable bonds is 1. The molecule has 0 aromatic heterocycles. The Morgan fingerprint density at radius 3 is 2.29 bits per heavy atom. The summed E-state index contributed by atoms with van der Waals surface area (Å²) in [6.07, 6.45) is 2.89. The van der Waals surface area contributed by atoms with E-state index in [1.54, 1.807) is 0 Å². The molecule has 3 heteroatoms. The second-order valence-electron chi connectivity index (χ2n) is 5.04. The zero-order chi connectivity index (χ0) is 12.2. The smallest absolute Gasteiger partial charge is 0.154 e. The Hall–Kier alpha value is -1.51. The minimum atomic E-state index is 0.155. The molecule has 3 rings (SSSR count). The predicted molar refractivity (Wildman–Crippen MR) is 64.2 cm³/mol. The van der Waals surface area contributed by atoms with Crippen molar-refractivity contribution in [2.75, 3.05) is 0 Å². The molecule has 0 N–H and O–H groups in total. The molecular formula is C14H16O3. The van der Waals surface area contributed by atoms with Crippen molar-refractivity contribution in [1.29, 1.82) is 0 Å². The summed E-state index contributed by atoms with van der Waals surface area (Å²) in [5.74, 6) is 1.71. The third-order valence-electron chi connectivity index (χ3n) is 3.65. The van der Waals surface area contributed by atoms with Gasteiger partial charge in [0.2, 0.25) is 0 Å². The van der Waals surface area contributed by atoms with Crippen LogP contribution in [0.25, 0.3) is 0 Å². The lowest BCUT2D eigenvalue weighted by Gasteiger charge is -2.12. The van der Waals surface area contributed by atoms with Crippen LogP contribution in [0.15, 0.2) is 0 Å². The SMILES string of the molecule is Cc1c2c(c(C=O)c3c1OC(C)C3)OC(C)C2. The first-order chi connectivity index (χ1) is 8.11. The summed E-state index contributed by atoms with van der Waals surface area (Å²) in [5.41, 5.74) is 4.02. The van der Waals surface area contributed by atoms with Crippen LogP contribution in [-0.2, 0) is 12.8 Å². The van der Waals surface area contributed by atoms with Crippen molar-refractivity contribution in [3.8, 4) is 11.5 Å². The number of carbonyl (C=O) groups excluding carboxylic acids is 1. The van der Waals surface area contributed by atoms with Crippen LogP contribution in [0.2, 0.25) is 0 Å². The second kappa shape index (κ2) is 3.49. The Morgan fingerprint density at radius 1 is 1.06 bits per heavy atom. The molecule has 2 aliphatic heterocycles. The van der Waals surface area contributed by atoms with E-state index in [2.05, 4.69) is 6.92 Å². The summed E-state index contributed by atoms with van der Waals surface area (Å²) < 4.78 is 11.6. The first-order valence-electron chi connectivity index (χ1n) is 6.08. The Kier molecular flexibility index (Phi) is 2.18. The Balaban J connectivity index is 2.27. The van der Waals surface area contributed by atoms with E-state index in [0.29, 0.717) is 5.56 Å². The highest BCUT2D eigenvalue weighted by Crippen LogP contribution is 2.45. The number of fused-ring (bicyclic) bond motifs is 2. The van der Waals surface area contributed by atoms with Gasteiger partial charge in [-0.25, -0.2) is 0 Å². The molecule has 0 spiro atoms. The molecule has 2 heterocycles. The van der Waals surface area contributed by atoms with Crippen LogP contribution in [0.1, 0.15) is 40.9 Å². The van der Waals surface area contributed by atoms with Crippen LogP contribution in [-0.4, -0.2) is 18.5 Å². The zero-order valence-corrected chi connectivity index (χ0v) is 10.4. The van der Waals surface area contributed by atoms with Gasteiger partial charge in [0.25, 0.3) is 0 Å². The highest BCUT2D eigenvalue weighted by molar-refractivity contribution is 5.86. The number of benzene rings is 1. The van der Waals surface area contributed by atoms with Gasteiger partial charge in [-0.2, -0.15) is 0 Å². The molecule has 3 nitrogen and oxygen atoms in total. The van der Waals surface area contributed by atoms with Gasteiger partial charge in [-0.05, 0) is 26.3 Å². The van der Waals surface area contributed by atoms with Gasteiger partial charge < -0.3 is 9.47 Å². The Labute approximate surface area is 101 Å². The largest absolute Gasteiger partial charge is 0.490 e. The molecule has 1 aromatic carbocycles. The summed E-state index contributed by atoms with van der Waals surface area (Å²) in [6, 6.07) is 0. The zero-order valence-electron chi connectivity index (χ0n) is 10.4. The van der Waals surface area contributed by atoms with Gasteiger partial charge in [0.15, 0.2) is 6.29 Å². The third kappa shape index (κ3) is 1.38. The second-order valence-corrected chi connectivity index (χ2v) is 5.04. The van der Waals surface area contributed by atoms with Gasteiger partial charge in [0.1, 0.15) is 23.7 Å². The summed E-state index contributed by atoms with van der Waals surface area (Å²) >= 11 is 0. The van der Waals surface area contributed by atoms with E-state index < -0.39 is 0 Å². The van der Waals surface area contributed by atoms with Crippen LogP contribution in [0.4, 0.5) is 0 Å². The van der Waals surface area contributed by atoms with E-state index in [1.165, 1.54) is 0 Å². The van der Waals surface area contributed by atoms with Gasteiger partial charge in [-0.15, -0.1) is 0 Å². The average Bonchev–Trinajstić information content (AvgIpc) is 2.83. The summed E-state index contributed by atoms with van der Waals surface area (Å²) in [5, 5.41) is 0. The molecule has 0 aliphatic carbocycles. The fraction of sp³-hybridized carbons (Fsp3) is 0.500. The maximum atomic E-state index is 11.3. The highest BCUT2D eigenvalue weighted by Gasteiger charge is 2.33. The molecule has 0 radical (unpaired) electrons. The van der Waals surface area contributed by atoms with Crippen LogP contribution in [0.3, 0.4) is 0 Å². The molecule has 2 atom stereocenters. The molecule has 17 heavy (non-hydrogen) atoms. The molecule has 2 unspecified atom stereocenters. The molecule has 0 saturated heterocycles. The van der Waals surface area contributed by atoms with E-state index in [0.717, 1.165) is 47.3 Å². The Morgan fingerprint density at radius 2 is 1.65 bits per heavy atom. The van der Waals surface area contributed by atoms with Crippen LogP contribution >= 0.6 is 0 Å². The summed E-state index contributed by atoms with van der Waals surface area (Å²) in [7, 11) is 0. The lowest BCUT2D eigenvalue weighted by Crippen LogP contribution is -2.07. The molecular weight excluding hydrogens is 216 g/mol. The Bertz CT molecular complexity index is 466. The predicted octanol–water partition coefficient (Wildman–Crippen LogP) is 2.45. The number of hydrogen-bond donors (Lipinski definition) is 0. The van der Waals surface area contributed by atoms with E-state index in [1.807, 2.05) is 13.8 Å². The molecule has 0 saturated carbocycles. The van der Waals surface area contributed by atoms with Gasteiger partial charge in [0.05, 0.1) is 5.56 Å². The van der Waals surface area contributed by atoms with Crippen molar-refractivity contribution in [2.24, 2.45) is 0 Å². The van der Waals surface area contributed by atoms with Crippen molar-refractivity contribution < 1.29 is 14.3 Å². The molecule has 0 bridgehead atoms. The molecule has 2 aliphatic rings. The minimum absolute atomic E-state index is 0.155. The topological polar surface area (TPSA) is 35.5 Å². The maximum absolute atomic E-state index is 11.3. The lowest BCUT2D eigenvalue weighted by atomic mass is 9.94. The first-order valence-corrected chi connectivity index (χ1v) is 6.08. The maximum Gasteiger partial charge on any atom is 0.154 e. The van der Waals surface area contributed by atoms with Gasteiger partial charge in [-0.3, -0.25) is 4.79 Å². The van der Waals surface area contributed by atoms with Gasteiger partial charge in [0, 0.05) is 24.0 Å². The fourth-order valence-electron chi connectivity index (χ4n) is 2.88. The van der Waals surface area contributed by atoms with Crippen molar-refractivity contribution in [1.82, 2.24) is 0 Å². The lowest BCUT2D eigenvalue weighted by molar-refractivity contribution is 0.111. The first kappa shape index (κ1) is 10.6. The molecule has 1 aromatic rings. The molecule has 0 fully saturated rings. The minimum Gasteiger partial charge on any atom is -0.490 e. The number of carbonyl (C=O) groups is 1. The van der Waals surface area contributed by atoms with Crippen LogP contribution in [0, 0.1) is 6.92 Å². The van der Waals surface area contributed by atoms with Gasteiger partial charge in [-0.1, -0.05) is 0 Å². The quantitative estimate of drug-likeness (QED) is 0.698. The number of ether oxygens (including phenoxy) is 2. The standard InChI is InChI=1S/C14H16O3/c1-7-4-10-9(3)13-11(5-8(2)16-13)12(6-15)14(10)17-7/h6-8H,4-5H2,1-3H3.